The first-order valence-corrected chi connectivity index (χ1v) is 9.22. The highest BCUT2D eigenvalue weighted by Gasteiger charge is 2.22. The van der Waals surface area contributed by atoms with Gasteiger partial charge in [0, 0.05) is 18.2 Å². The fourth-order valence-corrected chi connectivity index (χ4v) is 3.16. The highest BCUT2D eigenvalue weighted by molar-refractivity contribution is 6.03. The second kappa shape index (κ2) is 9.40. The Labute approximate surface area is 177 Å². The van der Waals surface area contributed by atoms with Gasteiger partial charge in [-0.3, -0.25) is 10.1 Å². The predicted molar refractivity (Wildman–Crippen MR) is 116 cm³/mol. The van der Waals surface area contributed by atoms with Gasteiger partial charge in [0.05, 0.1) is 17.6 Å². The van der Waals surface area contributed by atoms with Crippen LogP contribution in [0.5, 0.6) is 0 Å². The molecule has 9 nitrogen and oxygen atoms in total. The SMILES string of the molecule is COC(=O)c1cccc([N+](=O)[O-])c1NCc1ccc(-c2ccccc2/C(N)=N/O)cc1. The summed E-state index contributed by atoms with van der Waals surface area (Å²) < 4.78 is 4.73. The number of esters is 1. The standard InChI is InChI=1S/C22H20N4O5/c1-31-22(27)18-7-4-8-19(26(29)30)20(18)24-13-14-9-11-15(12-10-14)16-5-2-3-6-17(16)21(23)25-28/h2-12,24,28H,13H2,1H3,(H2,23,25). The molecular weight excluding hydrogens is 400 g/mol. The molecule has 0 atom stereocenters. The number of ether oxygens (including phenoxy) is 1. The first kappa shape index (κ1) is 21.3. The number of nitro benzene ring substituents is 1. The zero-order chi connectivity index (χ0) is 22.4. The number of nitro groups is 1. The number of benzene rings is 3. The van der Waals surface area contributed by atoms with Crippen LogP contribution >= 0.6 is 0 Å². The Kier molecular flexibility index (Phi) is 6.46. The first-order valence-electron chi connectivity index (χ1n) is 9.22. The molecular formula is C22H20N4O5. The van der Waals surface area contributed by atoms with Crippen LogP contribution in [0, 0.1) is 10.1 Å². The fourth-order valence-electron chi connectivity index (χ4n) is 3.16. The van der Waals surface area contributed by atoms with Crippen LogP contribution in [0.4, 0.5) is 11.4 Å². The highest BCUT2D eigenvalue weighted by Crippen LogP contribution is 2.30. The second-order valence-electron chi connectivity index (χ2n) is 6.53. The molecule has 3 rings (SSSR count). The molecule has 0 saturated carbocycles. The minimum Gasteiger partial charge on any atom is -0.465 e. The summed E-state index contributed by atoms with van der Waals surface area (Å²) in [5, 5.41) is 26.4. The van der Waals surface area contributed by atoms with Crippen LogP contribution in [0.2, 0.25) is 0 Å². The summed E-state index contributed by atoms with van der Waals surface area (Å²) in [5.41, 5.74) is 8.80. The topological polar surface area (TPSA) is 140 Å². The molecule has 0 bridgehead atoms. The Morgan fingerprint density at radius 3 is 2.42 bits per heavy atom. The van der Waals surface area contributed by atoms with Gasteiger partial charge in [-0.25, -0.2) is 4.79 Å². The zero-order valence-corrected chi connectivity index (χ0v) is 16.6. The Bertz CT molecular complexity index is 1140. The lowest BCUT2D eigenvalue weighted by atomic mass is 9.98. The Morgan fingerprint density at radius 2 is 1.77 bits per heavy atom. The molecule has 0 heterocycles. The maximum Gasteiger partial charge on any atom is 0.340 e. The van der Waals surface area contributed by atoms with Crippen LogP contribution in [0.1, 0.15) is 21.5 Å². The molecule has 0 saturated heterocycles. The van der Waals surface area contributed by atoms with Gasteiger partial charge < -0.3 is 21.0 Å². The largest absolute Gasteiger partial charge is 0.465 e. The summed E-state index contributed by atoms with van der Waals surface area (Å²) in [7, 11) is 1.22. The molecule has 31 heavy (non-hydrogen) atoms. The van der Waals surface area contributed by atoms with Crippen molar-refractivity contribution in [1.29, 1.82) is 0 Å². The number of nitrogens with zero attached hydrogens (tertiary/aromatic N) is 2. The number of methoxy groups -OCH3 is 1. The fraction of sp³-hybridized carbons (Fsp3) is 0.0909. The number of nitrogens with one attached hydrogen (secondary N) is 1. The van der Waals surface area contributed by atoms with Crippen molar-refractivity contribution in [1.82, 2.24) is 0 Å². The van der Waals surface area contributed by atoms with Crippen LogP contribution in [0.3, 0.4) is 0 Å². The third-order valence-corrected chi connectivity index (χ3v) is 4.69. The average molecular weight is 420 g/mol. The molecule has 0 aliphatic carbocycles. The normalized spacial score (nSPS) is 11.1. The smallest absolute Gasteiger partial charge is 0.340 e. The summed E-state index contributed by atoms with van der Waals surface area (Å²) >= 11 is 0. The van der Waals surface area contributed by atoms with Crippen LogP contribution in [0.25, 0.3) is 11.1 Å². The van der Waals surface area contributed by atoms with E-state index in [4.69, 9.17) is 15.7 Å². The minimum absolute atomic E-state index is 0.00747. The van der Waals surface area contributed by atoms with Crippen LogP contribution in [-0.2, 0) is 11.3 Å². The number of oxime groups is 1. The van der Waals surface area contributed by atoms with E-state index in [0.717, 1.165) is 16.7 Å². The third kappa shape index (κ3) is 4.61. The molecule has 0 spiro atoms. The minimum atomic E-state index is -0.665. The van der Waals surface area contributed by atoms with Crippen LogP contribution in [0.15, 0.2) is 71.9 Å². The Hall–Kier alpha value is -4.40. The van der Waals surface area contributed by atoms with E-state index in [9.17, 15) is 14.9 Å². The predicted octanol–water partition coefficient (Wildman–Crippen LogP) is 3.76. The lowest BCUT2D eigenvalue weighted by molar-refractivity contribution is -0.384. The summed E-state index contributed by atoms with van der Waals surface area (Å²) in [5.74, 6) is -0.658. The van der Waals surface area contributed by atoms with E-state index in [1.165, 1.54) is 25.3 Å². The van der Waals surface area contributed by atoms with Crippen molar-refractivity contribution in [3.8, 4) is 11.1 Å². The molecule has 0 radical (unpaired) electrons. The van der Waals surface area contributed by atoms with Gasteiger partial charge in [0.1, 0.15) is 5.69 Å². The summed E-state index contributed by atoms with van der Waals surface area (Å²) in [4.78, 5) is 22.8. The molecule has 0 unspecified atom stereocenters. The lowest BCUT2D eigenvalue weighted by Crippen LogP contribution is -2.14. The Balaban J connectivity index is 1.86. The molecule has 0 amide bonds. The van der Waals surface area contributed by atoms with Gasteiger partial charge in [-0.2, -0.15) is 0 Å². The molecule has 158 valence electrons. The van der Waals surface area contributed by atoms with Crippen molar-refractivity contribution in [2.24, 2.45) is 10.9 Å². The monoisotopic (exact) mass is 420 g/mol. The first-order chi connectivity index (χ1) is 15.0. The Morgan fingerprint density at radius 1 is 1.10 bits per heavy atom. The number of rotatable bonds is 7. The molecule has 3 aromatic carbocycles. The number of anilines is 1. The van der Waals surface area contributed by atoms with Crippen molar-refractivity contribution in [3.05, 3.63) is 93.5 Å². The van der Waals surface area contributed by atoms with Gasteiger partial charge in [-0.05, 0) is 22.8 Å². The van der Waals surface area contributed by atoms with Gasteiger partial charge in [0.2, 0.25) is 0 Å². The number of carbonyl (C=O) groups is 1. The number of hydrogen-bond acceptors (Lipinski definition) is 7. The van der Waals surface area contributed by atoms with E-state index in [1.54, 1.807) is 12.1 Å². The van der Waals surface area contributed by atoms with Crippen molar-refractivity contribution >= 4 is 23.2 Å². The van der Waals surface area contributed by atoms with Crippen LogP contribution in [-0.4, -0.2) is 29.0 Å². The quantitative estimate of drug-likeness (QED) is 0.132. The zero-order valence-electron chi connectivity index (χ0n) is 16.6. The number of amidine groups is 1. The molecule has 3 aromatic rings. The van der Waals surface area contributed by atoms with E-state index in [2.05, 4.69) is 10.5 Å². The summed E-state index contributed by atoms with van der Waals surface area (Å²) in [6, 6.07) is 18.9. The molecule has 0 fully saturated rings. The molecule has 4 N–H and O–H groups in total. The highest BCUT2D eigenvalue weighted by atomic mass is 16.6. The maximum atomic E-state index is 12.0. The van der Waals surface area contributed by atoms with Crippen LogP contribution < -0.4 is 11.1 Å². The molecule has 0 aliphatic rings. The number of para-hydroxylation sites is 1. The number of carbonyl (C=O) groups excluding carboxylic acids is 1. The van der Waals surface area contributed by atoms with Gasteiger partial charge in [-0.1, -0.05) is 59.8 Å². The number of hydrogen-bond donors (Lipinski definition) is 3. The van der Waals surface area contributed by atoms with Gasteiger partial charge in [-0.15, -0.1) is 0 Å². The van der Waals surface area contributed by atoms with E-state index in [-0.39, 0.29) is 29.3 Å². The second-order valence-corrected chi connectivity index (χ2v) is 6.53. The number of nitrogens with two attached hydrogens (primary N) is 1. The lowest BCUT2D eigenvalue weighted by Gasteiger charge is -2.12. The van der Waals surface area contributed by atoms with E-state index < -0.39 is 10.9 Å². The van der Waals surface area contributed by atoms with Gasteiger partial charge >= 0.3 is 5.97 Å². The van der Waals surface area contributed by atoms with Gasteiger partial charge in [0.25, 0.3) is 5.69 Å². The molecule has 0 aromatic heterocycles. The maximum absolute atomic E-state index is 12.0. The summed E-state index contributed by atoms with van der Waals surface area (Å²) in [6.07, 6.45) is 0. The van der Waals surface area contributed by atoms with Crippen molar-refractivity contribution in [2.75, 3.05) is 12.4 Å². The third-order valence-electron chi connectivity index (χ3n) is 4.69. The van der Waals surface area contributed by atoms with E-state index in [1.807, 2.05) is 36.4 Å². The van der Waals surface area contributed by atoms with E-state index >= 15 is 0 Å². The molecule has 0 aliphatic heterocycles. The van der Waals surface area contributed by atoms with Crippen molar-refractivity contribution in [2.45, 2.75) is 6.54 Å². The van der Waals surface area contributed by atoms with Crippen molar-refractivity contribution < 1.29 is 19.7 Å². The molecule has 9 heteroatoms. The van der Waals surface area contributed by atoms with Gasteiger partial charge in [0.15, 0.2) is 5.84 Å². The average Bonchev–Trinajstić information content (AvgIpc) is 2.81. The summed E-state index contributed by atoms with van der Waals surface area (Å²) in [6.45, 7) is 0.247. The van der Waals surface area contributed by atoms with Crippen molar-refractivity contribution in [3.63, 3.8) is 0 Å². The van der Waals surface area contributed by atoms with E-state index in [0.29, 0.717) is 5.56 Å².